The van der Waals surface area contributed by atoms with Crippen LogP contribution in [0.2, 0.25) is 5.02 Å². The zero-order chi connectivity index (χ0) is 22.8. The lowest BCUT2D eigenvalue weighted by Gasteiger charge is -2.18. The molecule has 0 saturated heterocycles. The lowest BCUT2D eigenvalue weighted by Crippen LogP contribution is -2.30. The smallest absolute Gasteiger partial charge is 0.250 e. The first-order chi connectivity index (χ1) is 14.9. The van der Waals surface area contributed by atoms with E-state index in [2.05, 4.69) is 19.2 Å². The van der Waals surface area contributed by atoms with Crippen LogP contribution in [0.1, 0.15) is 49.9 Å². The predicted molar refractivity (Wildman–Crippen MR) is 126 cm³/mol. The van der Waals surface area contributed by atoms with Crippen molar-refractivity contribution >= 4 is 40.6 Å². The molecule has 2 rings (SSSR count). The number of rotatable bonds is 12. The number of hydrogen-bond acceptors (Lipinski definition) is 4. The maximum Gasteiger partial charge on any atom is 0.250 e. The van der Waals surface area contributed by atoms with Crippen molar-refractivity contribution in [3.63, 3.8) is 0 Å². The minimum Gasteiger partial charge on any atom is -0.497 e. The molecular formula is C24H29Cl2NO4. The number of ketones is 1. The average Bonchev–Trinajstić information content (AvgIpc) is 2.79. The number of hydrogen-bond donors (Lipinski definition) is 1. The number of benzene rings is 2. The second kappa shape index (κ2) is 12.6. The summed E-state index contributed by atoms with van der Waals surface area (Å²) in [6, 6.07) is 11.4. The van der Waals surface area contributed by atoms with E-state index in [0.717, 1.165) is 25.7 Å². The molecule has 1 amide bonds. The van der Waals surface area contributed by atoms with Gasteiger partial charge in [0.05, 0.1) is 19.4 Å². The van der Waals surface area contributed by atoms with Gasteiger partial charge < -0.3 is 14.8 Å². The van der Waals surface area contributed by atoms with Gasteiger partial charge in [0.1, 0.15) is 11.5 Å². The van der Waals surface area contributed by atoms with E-state index in [1.807, 2.05) is 0 Å². The van der Waals surface area contributed by atoms with Gasteiger partial charge in [0.2, 0.25) is 0 Å². The van der Waals surface area contributed by atoms with Crippen LogP contribution in [0.5, 0.6) is 11.5 Å². The molecule has 7 heteroatoms. The molecule has 0 aliphatic heterocycles. The Morgan fingerprint density at radius 2 is 1.81 bits per heavy atom. The van der Waals surface area contributed by atoms with Gasteiger partial charge in [0.15, 0.2) is 11.2 Å². The highest BCUT2D eigenvalue weighted by atomic mass is 35.5. The number of carbonyl (C=O) groups is 2. The Kier molecular flexibility index (Phi) is 10.2. The fourth-order valence-electron chi connectivity index (χ4n) is 3.05. The van der Waals surface area contributed by atoms with Crippen LogP contribution >= 0.6 is 23.2 Å². The summed E-state index contributed by atoms with van der Waals surface area (Å²) >= 11 is 12.3. The van der Waals surface area contributed by atoms with Gasteiger partial charge in [-0.1, -0.05) is 44.7 Å². The fourth-order valence-corrected chi connectivity index (χ4v) is 3.40. The summed E-state index contributed by atoms with van der Waals surface area (Å²) in [6.45, 7) is 4.84. The van der Waals surface area contributed by atoms with Crippen molar-refractivity contribution in [1.29, 1.82) is 0 Å². The minimum absolute atomic E-state index is 0.320. The van der Waals surface area contributed by atoms with Crippen LogP contribution in [0.15, 0.2) is 42.5 Å². The van der Waals surface area contributed by atoms with Gasteiger partial charge in [0.25, 0.3) is 5.91 Å². The molecule has 2 atom stereocenters. The molecule has 0 spiro atoms. The quantitative estimate of drug-likeness (QED) is 0.224. The van der Waals surface area contributed by atoms with Crippen LogP contribution in [-0.2, 0) is 4.79 Å². The van der Waals surface area contributed by atoms with Gasteiger partial charge in [-0.2, -0.15) is 0 Å². The Labute approximate surface area is 194 Å². The first-order valence-corrected chi connectivity index (χ1v) is 11.3. The van der Waals surface area contributed by atoms with Crippen LogP contribution in [0.4, 0.5) is 5.69 Å². The Hall–Kier alpha value is -2.24. The van der Waals surface area contributed by atoms with Crippen molar-refractivity contribution in [2.75, 3.05) is 19.0 Å². The maximum atomic E-state index is 12.7. The third-order valence-electron chi connectivity index (χ3n) is 5.05. The summed E-state index contributed by atoms with van der Waals surface area (Å²) in [6.07, 6.45) is 4.38. The van der Waals surface area contributed by atoms with E-state index < -0.39 is 17.1 Å². The first-order valence-electron chi connectivity index (χ1n) is 10.4. The molecule has 0 fully saturated rings. The average molecular weight is 466 g/mol. The lowest BCUT2D eigenvalue weighted by atomic mass is 10.0. The molecule has 0 saturated carbocycles. The maximum absolute atomic E-state index is 12.7. The van der Waals surface area contributed by atoms with Crippen LogP contribution in [0.3, 0.4) is 0 Å². The Morgan fingerprint density at radius 1 is 1.10 bits per heavy atom. The fraction of sp³-hybridized carbons (Fsp3) is 0.417. The number of amides is 1. The molecule has 5 nitrogen and oxygen atoms in total. The third kappa shape index (κ3) is 7.44. The summed E-state index contributed by atoms with van der Waals surface area (Å²) in [4.78, 5) is 25.3. The molecule has 0 aliphatic carbocycles. The topological polar surface area (TPSA) is 64.6 Å². The van der Waals surface area contributed by atoms with Gasteiger partial charge >= 0.3 is 0 Å². The molecule has 0 radical (unpaired) electrons. The van der Waals surface area contributed by atoms with E-state index in [9.17, 15) is 9.59 Å². The number of carbonyl (C=O) groups excluding carboxylic acids is 2. The largest absolute Gasteiger partial charge is 0.497 e. The van der Waals surface area contributed by atoms with Crippen molar-refractivity contribution < 1.29 is 19.1 Å². The zero-order valence-electron chi connectivity index (χ0n) is 18.1. The van der Waals surface area contributed by atoms with Crippen molar-refractivity contribution in [2.45, 2.75) is 44.9 Å². The minimum atomic E-state index is -1.40. The number of ether oxygens (including phenoxy) is 2. The predicted octanol–water partition coefficient (Wildman–Crippen LogP) is 6.37. The third-order valence-corrected chi connectivity index (χ3v) is 5.68. The van der Waals surface area contributed by atoms with E-state index >= 15 is 0 Å². The summed E-state index contributed by atoms with van der Waals surface area (Å²) in [7, 11) is 1.53. The van der Waals surface area contributed by atoms with Crippen molar-refractivity contribution in [1.82, 2.24) is 0 Å². The monoisotopic (exact) mass is 465 g/mol. The normalized spacial score (nSPS) is 12.7. The molecule has 168 valence electrons. The number of anilines is 1. The van der Waals surface area contributed by atoms with E-state index in [1.54, 1.807) is 42.5 Å². The number of alkyl halides is 1. The van der Waals surface area contributed by atoms with E-state index in [4.69, 9.17) is 32.7 Å². The van der Waals surface area contributed by atoms with Crippen LogP contribution in [0.25, 0.3) is 0 Å². The molecule has 2 aromatic carbocycles. The number of halogens is 2. The van der Waals surface area contributed by atoms with Crippen molar-refractivity contribution in [2.24, 2.45) is 5.92 Å². The summed E-state index contributed by atoms with van der Waals surface area (Å²) in [5.74, 6) is 0.381. The van der Waals surface area contributed by atoms with Gasteiger partial charge in [-0.25, -0.2) is 0 Å². The van der Waals surface area contributed by atoms with Gasteiger partial charge in [-0.15, -0.1) is 11.6 Å². The summed E-state index contributed by atoms with van der Waals surface area (Å²) < 4.78 is 11.1. The Bertz CT molecular complexity index is 870. The number of Topliss-reactive ketones (excluding diaryl/α,β-unsaturated/α-hetero) is 1. The molecule has 2 aromatic rings. The van der Waals surface area contributed by atoms with Crippen molar-refractivity contribution in [3.8, 4) is 11.5 Å². The molecule has 0 aromatic heterocycles. The molecule has 0 aliphatic rings. The second-order valence-corrected chi connectivity index (χ2v) is 8.19. The zero-order valence-corrected chi connectivity index (χ0v) is 19.6. The van der Waals surface area contributed by atoms with Gasteiger partial charge in [-0.05, 0) is 54.8 Å². The Balaban J connectivity index is 2.08. The van der Waals surface area contributed by atoms with E-state index in [-0.39, 0.29) is 0 Å². The van der Waals surface area contributed by atoms with Crippen molar-refractivity contribution in [3.05, 3.63) is 53.1 Å². The van der Waals surface area contributed by atoms with E-state index in [1.165, 1.54) is 7.11 Å². The number of methoxy groups -OCH3 is 1. The molecule has 1 N–H and O–H groups in total. The molecule has 31 heavy (non-hydrogen) atoms. The summed E-state index contributed by atoms with van der Waals surface area (Å²) in [5, 5.41) is 1.73. The highest BCUT2D eigenvalue weighted by Gasteiger charge is 2.26. The lowest BCUT2D eigenvalue weighted by molar-refractivity contribution is -0.115. The highest BCUT2D eigenvalue weighted by molar-refractivity contribution is 6.45. The van der Waals surface area contributed by atoms with Crippen LogP contribution < -0.4 is 14.8 Å². The van der Waals surface area contributed by atoms with E-state index in [0.29, 0.717) is 40.3 Å². The standard InChI is InChI=1S/C24H29Cl2NO4/c1-4-6-7-16(5-2)15-31-21-13-10-18(25)14-20(21)27-24(29)22(26)23(28)17-8-11-19(30-3)12-9-17/h8-14,16,22H,4-7,15H2,1-3H3,(H,27,29). The SMILES string of the molecule is CCCCC(CC)COc1ccc(Cl)cc1NC(=O)C(Cl)C(=O)c1ccc(OC)cc1. The second-order valence-electron chi connectivity index (χ2n) is 7.31. The Morgan fingerprint density at radius 3 is 2.42 bits per heavy atom. The molecule has 0 bridgehead atoms. The molecular weight excluding hydrogens is 437 g/mol. The number of nitrogens with one attached hydrogen (secondary N) is 1. The van der Waals surface area contributed by atoms with Crippen LogP contribution in [0, 0.1) is 5.92 Å². The van der Waals surface area contributed by atoms with Crippen LogP contribution in [-0.4, -0.2) is 30.8 Å². The summed E-state index contributed by atoms with van der Waals surface area (Å²) in [5.41, 5.74) is 0.705. The van der Waals surface area contributed by atoms with Gasteiger partial charge in [0, 0.05) is 10.6 Å². The van der Waals surface area contributed by atoms with Gasteiger partial charge in [-0.3, -0.25) is 9.59 Å². The highest BCUT2D eigenvalue weighted by Crippen LogP contribution is 2.30. The molecule has 0 heterocycles. The first kappa shape index (κ1) is 25.0. The number of unbranched alkanes of at least 4 members (excludes halogenated alkanes) is 1. The molecule has 2 unspecified atom stereocenters.